The molecule has 0 aromatic carbocycles. The average Bonchev–Trinajstić information content (AvgIpc) is 2.22. The fourth-order valence-electron chi connectivity index (χ4n) is 1.13. The summed E-state index contributed by atoms with van der Waals surface area (Å²) in [7, 11) is 1.43. The number of hydrogen-bond acceptors (Lipinski definition) is 4. The Balaban J connectivity index is 3.57. The molecule has 0 N–H and O–H groups in total. The van der Waals surface area contributed by atoms with E-state index in [0.717, 1.165) is 25.4 Å². The molecule has 0 rings (SSSR count). The minimum atomic E-state index is -0.130. The molecule has 3 nitrogen and oxygen atoms in total. The van der Waals surface area contributed by atoms with Gasteiger partial charge in [0.25, 0.3) is 0 Å². The Labute approximate surface area is 91.2 Å². The molecule has 1 atom stereocenters. The molecule has 0 aromatic heterocycles. The normalized spacial score (nSPS) is 12.9. The molecular formula is C10H21NO2S. The molecule has 0 bridgehead atoms. The van der Waals surface area contributed by atoms with E-state index in [9.17, 15) is 4.79 Å². The minimum Gasteiger partial charge on any atom is -0.468 e. The highest BCUT2D eigenvalue weighted by atomic mass is 32.2. The highest BCUT2D eigenvalue weighted by Crippen LogP contribution is 2.11. The third-order valence-corrected chi connectivity index (χ3v) is 3.31. The maximum atomic E-state index is 11.1. The summed E-state index contributed by atoms with van der Waals surface area (Å²) < 4.78 is 4.65. The molecule has 0 spiro atoms. The van der Waals surface area contributed by atoms with E-state index in [0.29, 0.717) is 0 Å². The van der Waals surface area contributed by atoms with Crippen molar-refractivity contribution in [1.82, 2.24) is 4.90 Å². The Morgan fingerprint density at radius 3 is 2.43 bits per heavy atom. The number of ether oxygens (including phenoxy) is 1. The average molecular weight is 219 g/mol. The van der Waals surface area contributed by atoms with Gasteiger partial charge in [0, 0.05) is 12.3 Å². The number of hydrogen-bond donors (Lipinski definition) is 0. The smallest absolute Gasteiger partial charge is 0.318 e. The lowest BCUT2D eigenvalue weighted by molar-refractivity contribution is -0.139. The first-order valence-corrected chi connectivity index (χ1v) is 6.12. The second-order valence-corrected chi connectivity index (χ2v) is 4.51. The lowest BCUT2D eigenvalue weighted by Gasteiger charge is -2.18. The second-order valence-electron chi connectivity index (χ2n) is 3.06. The van der Waals surface area contributed by atoms with Gasteiger partial charge in [-0.15, -0.1) is 11.8 Å². The second kappa shape index (κ2) is 8.12. The van der Waals surface area contributed by atoms with E-state index in [1.165, 1.54) is 7.11 Å². The number of rotatable bonds is 7. The van der Waals surface area contributed by atoms with Gasteiger partial charge in [0.15, 0.2) is 0 Å². The summed E-state index contributed by atoms with van der Waals surface area (Å²) in [6.45, 7) is 9.38. The maximum absolute atomic E-state index is 11.1. The Bertz CT molecular complexity index is 160. The maximum Gasteiger partial charge on any atom is 0.318 e. The van der Waals surface area contributed by atoms with E-state index >= 15 is 0 Å². The van der Waals surface area contributed by atoms with Gasteiger partial charge in [0.1, 0.15) is 0 Å². The summed E-state index contributed by atoms with van der Waals surface area (Å²) in [5.41, 5.74) is 0. The zero-order valence-electron chi connectivity index (χ0n) is 9.58. The van der Waals surface area contributed by atoms with Crippen LogP contribution in [0.4, 0.5) is 0 Å². The number of thioether (sulfide) groups is 1. The number of esters is 1. The fourth-order valence-corrected chi connectivity index (χ4v) is 2.08. The molecule has 0 fully saturated rings. The van der Waals surface area contributed by atoms with Gasteiger partial charge in [-0.3, -0.25) is 4.79 Å². The molecule has 0 aliphatic rings. The summed E-state index contributed by atoms with van der Waals surface area (Å²) in [5, 5.41) is -0.0458. The molecule has 0 aliphatic carbocycles. The van der Waals surface area contributed by atoms with Gasteiger partial charge in [-0.05, 0) is 20.0 Å². The largest absolute Gasteiger partial charge is 0.468 e. The van der Waals surface area contributed by atoms with Gasteiger partial charge in [0.05, 0.1) is 12.4 Å². The van der Waals surface area contributed by atoms with Crippen LogP contribution in [0.25, 0.3) is 0 Å². The van der Waals surface area contributed by atoms with Gasteiger partial charge in [-0.25, -0.2) is 0 Å². The van der Waals surface area contributed by atoms with E-state index in [4.69, 9.17) is 0 Å². The van der Waals surface area contributed by atoms with Crippen LogP contribution >= 0.6 is 11.8 Å². The zero-order chi connectivity index (χ0) is 11.0. The molecule has 0 aromatic rings. The van der Waals surface area contributed by atoms with Crippen molar-refractivity contribution >= 4 is 17.7 Å². The summed E-state index contributed by atoms with van der Waals surface area (Å²) in [6, 6.07) is 0. The molecule has 14 heavy (non-hydrogen) atoms. The summed E-state index contributed by atoms with van der Waals surface area (Å²) >= 11 is 1.65. The standard InChI is InChI=1S/C10H21NO2S/c1-5-11(6-2)7-8-14-9(3)10(12)13-4/h9H,5-8H2,1-4H3. The fraction of sp³-hybridized carbons (Fsp3) is 0.900. The van der Waals surface area contributed by atoms with E-state index < -0.39 is 0 Å². The number of carbonyl (C=O) groups is 1. The van der Waals surface area contributed by atoms with Crippen molar-refractivity contribution in [3.63, 3.8) is 0 Å². The first-order valence-electron chi connectivity index (χ1n) is 5.07. The van der Waals surface area contributed by atoms with Crippen molar-refractivity contribution in [2.45, 2.75) is 26.0 Å². The van der Waals surface area contributed by atoms with Crippen LogP contribution in [0.2, 0.25) is 0 Å². The van der Waals surface area contributed by atoms with E-state index in [2.05, 4.69) is 23.5 Å². The first kappa shape index (κ1) is 13.8. The number of methoxy groups -OCH3 is 1. The van der Waals surface area contributed by atoms with Crippen molar-refractivity contribution in [2.24, 2.45) is 0 Å². The van der Waals surface area contributed by atoms with Crippen LogP contribution in [0.5, 0.6) is 0 Å². The molecular weight excluding hydrogens is 198 g/mol. The van der Waals surface area contributed by atoms with Gasteiger partial charge in [-0.2, -0.15) is 0 Å². The van der Waals surface area contributed by atoms with Crippen molar-refractivity contribution in [1.29, 1.82) is 0 Å². The van der Waals surface area contributed by atoms with Crippen molar-refractivity contribution < 1.29 is 9.53 Å². The number of carbonyl (C=O) groups excluding carboxylic acids is 1. The van der Waals surface area contributed by atoms with Crippen LogP contribution in [-0.2, 0) is 9.53 Å². The predicted molar refractivity (Wildman–Crippen MR) is 61.7 cm³/mol. The summed E-state index contributed by atoms with van der Waals surface area (Å²) in [6.07, 6.45) is 0. The molecule has 0 radical (unpaired) electrons. The lowest BCUT2D eigenvalue weighted by atomic mass is 10.5. The Kier molecular flexibility index (Phi) is 7.99. The van der Waals surface area contributed by atoms with Crippen LogP contribution < -0.4 is 0 Å². The Morgan fingerprint density at radius 2 is 2.00 bits per heavy atom. The van der Waals surface area contributed by atoms with Crippen LogP contribution in [0.15, 0.2) is 0 Å². The molecule has 0 saturated carbocycles. The molecule has 4 heteroatoms. The van der Waals surface area contributed by atoms with Gasteiger partial charge in [0.2, 0.25) is 0 Å². The summed E-state index contributed by atoms with van der Waals surface area (Å²) in [4.78, 5) is 13.4. The molecule has 0 heterocycles. The molecule has 1 unspecified atom stereocenters. The topological polar surface area (TPSA) is 29.5 Å². The first-order chi connectivity index (χ1) is 6.65. The van der Waals surface area contributed by atoms with Crippen LogP contribution in [0, 0.1) is 0 Å². The quantitative estimate of drug-likeness (QED) is 0.609. The third-order valence-electron chi connectivity index (χ3n) is 2.20. The Hall–Kier alpha value is -0.220. The van der Waals surface area contributed by atoms with E-state index in [-0.39, 0.29) is 11.2 Å². The highest BCUT2D eigenvalue weighted by molar-refractivity contribution is 8.00. The molecule has 0 amide bonds. The monoisotopic (exact) mass is 219 g/mol. The van der Waals surface area contributed by atoms with Crippen LogP contribution in [0.3, 0.4) is 0 Å². The third kappa shape index (κ3) is 5.50. The van der Waals surface area contributed by atoms with E-state index in [1.54, 1.807) is 11.8 Å². The van der Waals surface area contributed by atoms with Crippen molar-refractivity contribution in [3.8, 4) is 0 Å². The highest BCUT2D eigenvalue weighted by Gasteiger charge is 2.13. The summed E-state index contributed by atoms with van der Waals surface area (Å²) in [5.74, 6) is 0.854. The SMILES string of the molecule is CCN(CC)CCSC(C)C(=O)OC. The Morgan fingerprint density at radius 1 is 1.43 bits per heavy atom. The number of nitrogens with zero attached hydrogens (tertiary/aromatic N) is 1. The van der Waals surface area contributed by atoms with Crippen LogP contribution in [0.1, 0.15) is 20.8 Å². The van der Waals surface area contributed by atoms with Gasteiger partial charge < -0.3 is 9.64 Å². The van der Waals surface area contributed by atoms with Gasteiger partial charge in [-0.1, -0.05) is 13.8 Å². The zero-order valence-corrected chi connectivity index (χ0v) is 10.4. The minimum absolute atomic E-state index is 0.0458. The molecule has 0 saturated heterocycles. The van der Waals surface area contributed by atoms with Crippen molar-refractivity contribution in [3.05, 3.63) is 0 Å². The lowest BCUT2D eigenvalue weighted by Crippen LogP contribution is -2.26. The van der Waals surface area contributed by atoms with E-state index in [1.807, 2.05) is 6.92 Å². The van der Waals surface area contributed by atoms with Crippen LogP contribution in [-0.4, -0.2) is 48.6 Å². The van der Waals surface area contributed by atoms with Gasteiger partial charge >= 0.3 is 5.97 Å². The predicted octanol–water partition coefficient (Wildman–Crippen LogP) is 1.62. The van der Waals surface area contributed by atoms with Crippen molar-refractivity contribution in [2.75, 3.05) is 32.5 Å². The molecule has 0 aliphatic heterocycles. The molecule has 84 valence electrons.